The second kappa shape index (κ2) is 13.3. The van der Waals surface area contributed by atoms with Crippen LogP contribution in [-0.4, -0.2) is 72.7 Å². The Kier molecular flexibility index (Phi) is 9.93. The molecule has 5 nitrogen and oxygen atoms in total. The van der Waals surface area contributed by atoms with E-state index >= 15 is 0 Å². The molecule has 8 fully saturated rings. The van der Waals surface area contributed by atoms with Crippen molar-refractivity contribution in [2.24, 2.45) is 23.7 Å². The van der Waals surface area contributed by atoms with E-state index in [9.17, 15) is 9.59 Å². The SMILES string of the molecule is C1CCN2CCCC2C1.C1CCN2CCCCC2C1.O=C1CCC2CCC12.O=C1CCC2CNCC12. The van der Waals surface area contributed by atoms with Gasteiger partial charge in [0.2, 0.25) is 0 Å². The molecule has 36 heavy (non-hydrogen) atoms. The molecule has 5 atom stereocenters. The molecule has 5 heterocycles. The zero-order valence-corrected chi connectivity index (χ0v) is 22.9. The average Bonchev–Trinajstić information content (AvgIpc) is 3.67. The first kappa shape index (κ1) is 26.8. The maximum Gasteiger partial charge on any atom is 0.137 e. The van der Waals surface area contributed by atoms with E-state index in [0.29, 0.717) is 29.3 Å². The van der Waals surface area contributed by atoms with Gasteiger partial charge in [0.05, 0.1) is 0 Å². The summed E-state index contributed by atoms with van der Waals surface area (Å²) >= 11 is 0. The molecule has 0 aromatic heterocycles. The van der Waals surface area contributed by atoms with Gasteiger partial charge in [-0.3, -0.25) is 9.59 Å². The number of rotatable bonds is 0. The second-order valence-electron chi connectivity index (χ2n) is 13.0. The predicted octanol–water partition coefficient (Wildman–Crippen LogP) is 5.22. The van der Waals surface area contributed by atoms with Crippen LogP contribution in [0.25, 0.3) is 0 Å². The van der Waals surface area contributed by atoms with Gasteiger partial charge in [0.15, 0.2) is 0 Å². The molecule has 3 saturated carbocycles. The van der Waals surface area contributed by atoms with E-state index in [4.69, 9.17) is 0 Å². The fraction of sp³-hybridized carbons (Fsp3) is 0.935. The van der Waals surface area contributed by atoms with Crippen LogP contribution in [0, 0.1) is 23.7 Å². The third-order valence-corrected chi connectivity index (χ3v) is 10.8. The molecule has 0 amide bonds. The monoisotopic (exact) mass is 499 g/mol. The van der Waals surface area contributed by atoms with E-state index in [1.54, 1.807) is 0 Å². The van der Waals surface area contributed by atoms with Crippen molar-refractivity contribution in [1.82, 2.24) is 15.1 Å². The Morgan fingerprint density at radius 2 is 1.03 bits per heavy atom. The zero-order chi connectivity index (χ0) is 24.7. The van der Waals surface area contributed by atoms with E-state index in [-0.39, 0.29) is 0 Å². The summed E-state index contributed by atoms with van der Waals surface area (Å²) in [5, 5.41) is 3.23. The fourth-order valence-corrected chi connectivity index (χ4v) is 8.37. The number of hydrogen-bond donors (Lipinski definition) is 1. The van der Waals surface area contributed by atoms with Gasteiger partial charge in [0, 0.05) is 43.3 Å². The molecule has 5 saturated heterocycles. The lowest BCUT2D eigenvalue weighted by Gasteiger charge is -2.39. The van der Waals surface area contributed by atoms with Crippen LogP contribution >= 0.6 is 0 Å². The summed E-state index contributed by atoms with van der Waals surface area (Å²) in [7, 11) is 0. The van der Waals surface area contributed by atoms with Crippen molar-refractivity contribution in [3.63, 3.8) is 0 Å². The van der Waals surface area contributed by atoms with E-state index in [1.807, 2.05) is 0 Å². The second-order valence-corrected chi connectivity index (χ2v) is 13.0. The minimum absolute atomic E-state index is 0.394. The Morgan fingerprint density at radius 3 is 1.47 bits per heavy atom. The molecule has 0 radical (unpaired) electrons. The summed E-state index contributed by atoms with van der Waals surface area (Å²) in [6.45, 7) is 7.60. The van der Waals surface area contributed by atoms with Crippen molar-refractivity contribution in [2.45, 2.75) is 121 Å². The van der Waals surface area contributed by atoms with Crippen LogP contribution in [-0.2, 0) is 9.59 Å². The summed E-state index contributed by atoms with van der Waals surface area (Å²) in [6.07, 6.45) is 22.8. The Bertz CT molecular complexity index is 689. The number of hydrogen-bond acceptors (Lipinski definition) is 5. The van der Waals surface area contributed by atoms with Gasteiger partial charge in [-0.2, -0.15) is 0 Å². The summed E-state index contributed by atoms with van der Waals surface area (Å²) in [5.41, 5.74) is 0. The van der Waals surface area contributed by atoms with Gasteiger partial charge >= 0.3 is 0 Å². The van der Waals surface area contributed by atoms with E-state index in [0.717, 1.165) is 50.4 Å². The fourth-order valence-electron chi connectivity index (χ4n) is 8.37. The number of carbonyl (C=O) groups is 2. The standard InChI is InChI=1S/C9H17N.C8H15N.C7H11NO.C7H10O/c1-3-7-10-8-4-2-6-9(10)5-1;1-2-6-9-7-3-5-8(9)4-1;9-7-2-1-5-3-8-4-6(5)7;8-7-4-2-5-1-3-6(5)7/h9H,1-8H2;8H,1-7H2;5-6,8H,1-4H2;5-6H,1-4H2. The van der Waals surface area contributed by atoms with Gasteiger partial charge < -0.3 is 15.1 Å². The highest BCUT2D eigenvalue weighted by atomic mass is 16.1. The van der Waals surface area contributed by atoms with Crippen LogP contribution in [0.1, 0.15) is 109 Å². The van der Waals surface area contributed by atoms with Crippen LogP contribution < -0.4 is 5.32 Å². The predicted molar refractivity (Wildman–Crippen MR) is 146 cm³/mol. The molecule has 8 aliphatic rings. The lowest BCUT2D eigenvalue weighted by atomic mass is 9.76. The molecule has 8 rings (SSSR count). The Balaban J connectivity index is 0.0000000990. The highest BCUT2D eigenvalue weighted by Gasteiger charge is 2.41. The van der Waals surface area contributed by atoms with E-state index < -0.39 is 0 Å². The molecule has 5 heteroatoms. The van der Waals surface area contributed by atoms with Crippen molar-refractivity contribution in [1.29, 1.82) is 0 Å². The lowest BCUT2D eigenvalue weighted by molar-refractivity contribution is -0.123. The number of carbonyl (C=O) groups excluding carboxylic acids is 2. The number of fused-ring (bicyclic) bond motifs is 4. The molecule has 0 bridgehead atoms. The molecule has 0 aromatic rings. The Morgan fingerprint density at radius 1 is 0.500 bits per heavy atom. The minimum atomic E-state index is 0.394. The quantitative estimate of drug-likeness (QED) is 0.495. The number of Topliss-reactive ketones (excluding diaryl/α,β-unsaturated/α-hetero) is 2. The summed E-state index contributed by atoms with van der Waals surface area (Å²) in [6, 6.07) is 1.99. The van der Waals surface area contributed by atoms with E-state index in [1.165, 1.54) is 116 Å². The van der Waals surface area contributed by atoms with Gasteiger partial charge in [-0.25, -0.2) is 0 Å². The molecule has 3 aliphatic carbocycles. The molecule has 1 N–H and O–H groups in total. The van der Waals surface area contributed by atoms with Gasteiger partial charge in [0.25, 0.3) is 0 Å². The number of nitrogens with zero attached hydrogens (tertiary/aromatic N) is 2. The van der Waals surface area contributed by atoms with Crippen molar-refractivity contribution in [3.8, 4) is 0 Å². The molecule has 5 unspecified atom stereocenters. The molecular weight excluding hydrogens is 446 g/mol. The summed E-state index contributed by atoms with van der Waals surface area (Å²) in [4.78, 5) is 27.2. The molecule has 0 spiro atoms. The van der Waals surface area contributed by atoms with Gasteiger partial charge in [-0.05, 0) is 122 Å². The minimum Gasteiger partial charge on any atom is -0.316 e. The van der Waals surface area contributed by atoms with Gasteiger partial charge in [0.1, 0.15) is 11.6 Å². The van der Waals surface area contributed by atoms with Crippen molar-refractivity contribution in [3.05, 3.63) is 0 Å². The molecule has 5 aliphatic heterocycles. The largest absolute Gasteiger partial charge is 0.316 e. The van der Waals surface area contributed by atoms with Crippen LogP contribution in [0.3, 0.4) is 0 Å². The molecule has 204 valence electrons. The van der Waals surface area contributed by atoms with E-state index in [2.05, 4.69) is 15.1 Å². The topological polar surface area (TPSA) is 52.7 Å². The van der Waals surface area contributed by atoms with Gasteiger partial charge in [-0.15, -0.1) is 0 Å². The first-order chi connectivity index (χ1) is 17.7. The summed E-state index contributed by atoms with van der Waals surface area (Å²) < 4.78 is 0. The number of piperidine rings is 3. The normalized spacial score (nSPS) is 37.6. The third-order valence-electron chi connectivity index (χ3n) is 10.8. The smallest absolute Gasteiger partial charge is 0.137 e. The highest BCUT2D eigenvalue weighted by molar-refractivity contribution is 5.84. The Labute approximate surface area is 220 Å². The van der Waals surface area contributed by atoms with Crippen molar-refractivity contribution in [2.75, 3.05) is 39.3 Å². The third kappa shape index (κ3) is 6.80. The van der Waals surface area contributed by atoms with Gasteiger partial charge in [-0.1, -0.05) is 19.3 Å². The molecule has 0 aromatic carbocycles. The van der Waals surface area contributed by atoms with Crippen LogP contribution in [0.2, 0.25) is 0 Å². The van der Waals surface area contributed by atoms with Crippen LogP contribution in [0.15, 0.2) is 0 Å². The number of nitrogens with one attached hydrogen (secondary N) is 1. The lowest BCUT2D eigenvalue weighted by Crippen LogP contribution is -2.42. The maximum atomic E-state index is 11.0. The van der Waals surface area contributed by atoms with Crippen molar-refractivity contribution < 1.29 is 9.59 Å². The maximum absolute atomic E-state index is 11.0. The first-order valence-electron chi connectivity index (χ1n) is 15.9. The number of ketones is 2. The van der Waals surface area contributed by atoms with Crippen molar-refractivity contribution >= 4 is 11.6 Å². The Hall–Kier alpha value is -0.780. The first-order valence-corrected chi connectivity index (χ1v) is 15.9. The average molecular weight is 500 g/mol. The van der Waals surface area contributed by atoms with Crippen LogP contribution in [0.4, 0.5) is 0 Å². The zero-order valence-electron chi connectivity index (χ0n) is 22.9. The molecular formula is C31H53N3O2. The summed E-state index contributed by atoms with van der Waals surface area (Å²) in [5.74, 6) is 3.46. The highest BCUT2D eigenvalue weighted by Crippen LogP contribution is 2.44. The van der Waals surface area contributed by atoms with Crippen LogP contribution in [0.5, 0.6) is 0 Å².